The maximum Gasteiger partial charge on any atom is 0.338 e. The number of anilines is 1. The number of piperidine rings is 1. The number of carbonyl (C=O) groups excluding carboxylic acids is 1. The summed E-state index contributed by atoms with van der Waals surface area (Å²) in [6.07, 6.45) is 15.0. The van der Waals surface area contributed by atoms with Crippen LogP contribution in [0.3, 0.4) is 0 Å². The van der Waals surface area contributed by atoms with Crippen LogP contribution in [0.1, 0.15) is 116 Å². The average Bonchev–Trinajstić information content (AvgIpc) is 3.87. The van der Waals surface area contributed by atoms with Crippen LogP contribution in [0.2, 0.25) is 0 Å². The highest BCUT2D eigenvalue weighted by Crippen LogP contribution is 2.59. The number of hydrogen-bond acceptors (Lipinski definition) is 9. The summed E-state index contributed by atoms with van der Waals surface area (Å²) in [7, 11) is 3.02. The predicted molar refractivity (Wildman–Crippen MR) is 156 cm³/mol. The van der Waals surface area contributed by atoms with Crippen LogP contribution in [0.25, 0.3) is 10.2 Å². The number of nitrogens with zero attached hydrogens (tertiary/aromatic N) is 3. The molecule has 9 heteroatoms. The van der Waals surface area contributed by atoms with Gasteiger partial charge < -0.3 is 23.6 Å². The molecule has 5 fully saturated rings. The first-order chi connectivity index (χ1) is 20.0. The molecular formula is C32H39N3O5S. The van der Waals surface area contributed by atoms with Gasteiger partial charge in [-0.05, 0) is 94.6 Å². The van der Waals surface area contributed by atoms with Crippen molar-refractivity contribution in [3.05, 3.63) is 34.7 Å². The van der Waals surface area contributed by atoms with Gasteiger partial charge in [0.15, 0.2) is 5.13 Å². The van der Waals surface area contributed by atoms with Crippen molar-refractivity contribution in [2.24, 2.45) is 5.41 Å². The highest BCUT2D eigenvalue weighted by molar-refractivity contribution is 7.22. The van der Waals surface area contributed by atoms with Crippen molar-refractivity contribution >= 4 is 32.7 Å². The number of thiazole rings is 1. The molecule has 218 valence electrons. The Labute approximate surface area is 244 Å². The minimum absolute atomic E-state index is 0.231. The van der Waals surface area contributed by atoms with Crippen LogP contribution in [0.5, 0.6) is 5.75 Å². The van der Waals surface area contributed by atoms with Crippen LogP contribution in [0.4, 0.5) is 5.13 Å². The van der Waals surface area contributed by atoms with E-state index in [9.17, 15) is 4.79 Å². The van der Waals surface area contributed by atoms with E-state index in [4.69, 9.17) is 23.7 Å². The predicted octanol–water partition coefficient (Wildman–Crippen LogP) is 7.11. The summed E-state index contributed by atoms with van der Waals surface area (Å²) in [5, 5.41) is 5.68. The largest absolute Gasteiger partial charge is 0.494 e. The second-order valence-corrected chi connectivity index (χ2v) is 14.2. The zero-order chi connectivity index (χ0) is 27.7. The Hall–Kier alpha value is -2.65. The van der Waals surface area contributed by atoms with Gasteiger partial charge in [-0.25, -0.2) is 9.78 Å². The maximum atomic E-state index is 12.2. The van der Waals surface area contributed by atoms with Crippen LogP contribution >= 0.6 is 11.3 Å². The van der Waals surface area contributed by atoms with E-state index in [1.807, 2.05) is 6.07 Å². The van der Waals surface area contributed by atoms with Gasteiger partial charge in [-0.3, -0.25) is 0 Å². The van der Waals surface area contributed by atoms with Gasteiger partial charge in [0, 0.05) is 29.5 Å². The van der Waals surface area contributed by atoms with Gasteiger partial charge in [-0.1, -0.05) is 16.5 Å². The normalized spacial score (nSPS) is 27.1. The molecule has 8 rings (SSSR count). The van der Waals surface area contributed by atoms with E-state index >= 15 is 0 Å². The molecule has 4 heterocycles. The second kappa shape index (κ2) is 9.97. The van der Waals surface area contributed by atoms with Crippen molar-refractivity contribution in [1.29, 1.82) is 0 Å². The standard InChI is InChI=1S/C32H39N3O5S/c1-37-25-13-20(30(36)38-2)14-26-28(25)33-31(41-26)35-21-5-6-22(35)16-23(15-21)39-17-24-27(34-40-29(24)19-3-4-19)18-7-9-32(10-8-18)11-12-32/h13-14,18-19,21-23H,3-12,15-17H2,1-2H3/t21-,22?,23?/m0/s1. The quantitative estimate of drug-likeness (QED) is 0.262. The molecule has 2 bridgehead atoms. The minimum atomic E-state index is -0.366. The minimum Gasteiger partial charge on any atom is -0.494 e. The van der Waals surface area contributed by atoms with E-state index in [-0.39, 0.29) is 12.1 Å². The monoisotopic (exact) mass is 577 g/mol. The molecule has 3 aliphatic carbocycles. The van der Waals surface area contributed by atoms with E-state index < -0.39 is 0 Å². The molecule has 3 atom stereocenters. The van der Waals surface area contributed by atoms with Gasteiger partial charge in [-0.15, -0.1) is 0 Å². The number of ether oxygens (including phenoxy) is 3. The number of benzene rings is 1. The Morgan fingerprint density at radius 2 is 1.78 bits per heavy atom. The van der Waals surface area contributed by atoms with Crippen LogP contribution in [0.15, 0.2) is 16.7 Å². The van der Waals surface area contributed by atoms with Gasteiger partial charge in [-0.2, -0.15) is 0 Å². The van der Waals surface area contributed by atoms with Crippen molar-refractivity contribution in [1.82, 2.24) is 10.1 Å². The zero-order valence-electron chi connectivity index (χ0n) is 24.0. The highest BCUT2D eigenvalue weighted by atomic mass is 32.1. The van der Waals surface area contributed by atoms with Gasteiger partial charge in [0.2, 0.25) is 0 Å². The van der Waals surface area contributed by atoms with E-state index in [1.165, 1.54) is 69.7 Å². The molecule has 5 aliphatic rings. The van der Waals surface area contributed by atoms with Crippen molar-refractivity contribution in [2.75, 3.05) is 19.1 Å². The molecular weight excluding hydrogens is 538 g/mol. The van der Waals surface area contributed by atoms with Crippen molar-refractivity contribution in [3.8, 4) is 5.75 Å². The number of hydrogen-bond donors (Lipinski definition) is 0. The molecule has 2 unspecified atom stereocenters. The molecule has 2 aliphatic heterocycles. The lowest BCUT2D eigenvalue weighted by Gasteiger charge is -2.38. The number of fused-ring (bicyclic) bond motifs is 3. The van der Waals surface area contributed by atoms with Gasteiger partial charge >= 0.3 is 5.97 Å². The molecule has 2 aromatic heterocycles. The lowest BCUT2D eigenvalue weighted by Crippen LogP contribution is -2.45. The summed E-state index contributed by atoms with van der Waals surface area (Å²) in [5.74, 6) is 2.43. The molecule has 3 saturated carbocycles. The number of esters is 1. The van der Waals surface area contributed by atoms with E-state index in [2.05, 4.69) is 10.1 Å². The molecule has 1 spiro atoms. The van der Waals surface area contributed by atoms with Gasteiger partial charge in [0.25, 0.3) is 0 Å². The summed E-state index contributed by atoms with van der Waals surface area (Å²) in [5.41, 5.74) is 4.46. The Bertz CT molecular complexity index is 1450. The van der Waals surface area contributed by atoms with E-state index in [1.54, 1.807) is 24.5 Å². The molecule has 0 amide bonds. The van der Waals surface area contributed by atoms with Crippen LogP contribution in [0, 0.1) is 5.41 Å². The summed E-state index contributed by atoms with van der Waals surface area (Å²) >= 11 is 1.64. The van der Waals surface area contributed by atoms with Crippen molar-refractivity contribution < 1.29 is 23.5 Å². The average molecular weight is 578 g/mol. The lowest BCUT2D eigenvalue weighted by molar-refractivity contribution is 0.0140. The maximum absolute atomic E-state index is 12.2. The molecule has 8 nitrogen and oxygen atoms in total. The van der Waals surface area contributed by atoms with Crippen LogP contribution in [-0.4, -0.2) is 48.5 Å². The molecule has 0 radical (unpaired) electrons. The molecule has 0 N–H and O–H groups in total. The van der Waals surface area contributed by atoms with Crippen LogP contribution < -0.4 is 9.64 Å². The molecule has 3 aromatic rings. The fourth-order valence-corrected chi connectivity index (χ4v) is 9.08. The fourth-order valence-electron chi connectivity index (χ4n) is 7.91. The first-order valence-corrected chi connectivity index (χ1v) is 16.3. The Kier molecular flexibility index (Phi) is 6.33. The van der Waals surface area contributed by atoms with Crippen molar-refractivity contribution in [2.45, 2.75) is 114 Å². The van der Waals surface area contributed by atoms with Crippen molar-refractivity contribution in [3.63, 3.8) is 0 Å². The second-order valence-electron chi connectivity index (χ2n) is 13.2. The highest BCUT2D eigenvalue weighted by Gasteiger charge is 2.47. The molecule has 1 aromatic carbocycles. The van der Waals surface area contributed by atoms with E-state index in [0.29, 0.717) is 47.3 Å². The lowest BCUT2D eigenvalue weighted by atomic mass is 9.77. The third kappa shape index (κ3) is 4.63. The van der Waals surface area contributed by atoms with Crippen LogP contribution in [-0.2, 0) is 16.1 Å². The van der Waals surface area contributed by atoms with Gasteiger partial charge in [0.05, 0.1) is 42.9 Å². The smallest absolute Gasteiger partial charge is 0.338 e. The summed E-state index contributed by atoms with van der Waals surface area (Å²) in [4.78, 5) is 19.7. The number of methoxy groups -OCH3 is 2. The third-order valence-corrected chi connectivity index (χ3v) is 11.7. The Morgan fingerprint density at radius 3 is 2.44 bits per heavy atom. The molecule has 41 heavy (non-hydrogen) atoms. The Balaban J connectivity index is 0.979. The number of rotatable bonds is 8. The summed E-state index contributed by atoms with van der Waals surface area (Å²) in [6.45, 7) is 0.630. The first kappa shape index (κ1) is 26.0. The summed E-state index contributed by atoms with van der Waals surface area (Å²) in [6, 6.07) is 4.40. The van der Waals surface area contributed by atoms with E-state index in [0.717, 1.165) is 46.8 Å². The zero-order valence-corrected chi connectivity index (χ0v) is 24.8. The topological polar surface area (TPSA) is 86.9 Å². The Morgan fingerprint density at radius 1 is 1.02 bits per heavy atom. The number of aromatic nitrogens is 2. The summed E-state index contributed by atoms with van der Waals surface area (Å²) < 4.78 is 24.2. The fraction of sp³-hybridized carbons (Fsp3) is 0.656. The number of carbonyl (C=O) groups is 1. The molecule has 2 saturated heterocycles. The third-order valence-electron chi connectivity index (χ3n) is 10.7. The van der Waals surface area contributed by atoms with Gasteiger partial charge in [0.1, 0.15) is 17.0 Å². The first-order valence-electron chi connectivity index (χ1n) is 15.5. The SMILES string of the molecule is COC(=O)c1cc(OC)c2nc(N3C4CC[C@H]3CC(OCc3c(C5CCC6(CC5)CC6)noc3C3CC3)C4)sc2c1.